The van der Waals surface area contributed by atoms with Crippen LogP contribution < -0.4 is 25.0 Å². The normalized spacial score (nSPS) is 12.4. The van der Waals surface area contributed by atoms with Crippen LogP contribution >= 0.6 is 0 Å². The van der Waals surface area contributed by atoms with Crippen LogP contribution in [0.15, 0.2) is 112 Å². The van der Waals surface area contributed by atoms with Gasteiger partial charge in [-0.05, 0) is 83.9 Å². The molecule has 5 rings (SSSR count). The fourth-order valence-electron chi connectivity index (χ4n) is 3.65. The van der Waals surface area contributed by atoms with Gasteiger partial charge in [0.25, 0.3) is 11.8 Å². The van der Waals surface area contributed by atoms with Crippen LogP contribution in [-0.2, 0) is 9.59 Å². The van der Waals surface area contributed by atoms with E-state index in [1.54, 1.807) is 84.9 Å². The molecule has 0 atom stereocenters. The van der Waals surface area contributed by atoms with Crippen LogP contribution in [0.1, 0.15) is 27.2 Å². The lowest BCUT2D eigenvalue weighted by atomic mass is 10.1. The van der Waals surface area contributed by atoms with Gasteiger partial charge >= 0.3 is 5.97 Å². The van der Waals surface area contributed by atoms with Gasteiger partial charge in [-0.15, -0.1) is 0 Å². The number of fused-ring (bicyclic) bond motifs is 1. The zero-order valence-electron chi connectivity index (χ0n) is 21.5. The Labute approximate surface area is 234 Å². The first-order valence-corrected chi connectivity index (χ1v) is 12.4. The number of nitrogens with zero attached hydrogens (tertiary/aromatic N) is 1. The minimum Gasteiger partial charge on any atom is -0.465 e. The van der Waals surface area contributed by atoms with E-state index in [4.69, 9.17) is 18.6 Å². The second kappa shape index (κ2) is 12.8. The van der Waals surface area contributed by atoms with Crippen molar-refractivity contribution in [3.63, 3.8) is 0 Å². The molecule has 1 aliphatic rings. The number of hydrogen-bond acceptors (Lipinski definition) is 8. The van der Waals surface area contributed by atoms with Gasteiger partial charge in [-0.2, -0.15) is 5.10 Å². The highest BCUT2D eigenvalue weighted by molar-refractivity contribution is 6.05. The molecule has 2 N–H and O–H groups in total. The third-order valence-electron chi connectivity index (χ3n) is 5.64. The molecule has 0 aliphatic carbocycles. The van der Waals surface area contributed by atoms with Gasteiger partial charge < -0.3 is 23.9 Å². The van der Waals surface area contributed by atoms with E-state index in [0.717, 1.165) is 0 Å². The van der Waals surface area contributed by atoms with Gasteiger partial charge in [0.2, 0.25) is 6.79 Å². The van der Waals surface area contributed by atoms with Crippen LogP contribution in [0.5, 0.6) is 17.2 Å². The van der Waals surface area contributed by atoms with Crippen molar-refractivity contribution in [3.8, 4) is 17.2 Å². The van der Waals surface area contributed by atoms with Gasteiger partial charge in [0, 0.05) is 11.6 Å². The molecule has 1 aromatic heterocycles. The third kappa shape index (κ3) is 7.36. The summed E-state index contributed by atoms with van der Waals surface area (Å²) >= 11 is 0. The standard InChI is InChI=1S/C31H23N3O7/c35-29(15-13-24-7-4-16-38-24)41-25-11-8-21(9-12-25)19-32-34-31(37)26(33-30(36)23-5-2-1-3-6-23)17-22-10-14-27-28(18-22)40-20-39-27/h1-19H,20H2,(H,33,36)(H,34,37)/b15-13+,26-17+,32-19+. The number of carbonyl (C=O) groups is 3. The number of ether oxygens (including phenoxy) is 3. The van der Waals surface area contributed by atoms with Crippen molar-refractivity contribution < 1.29 is 33.0 Å². The molecule has 0 saturated heterocycles. The molecule has 0 unspecified atom stereocenters. The van der Waals surface area contributed by atoms with Crippen LogP contribution in [0.25, 0.3) is 12.2 Å². The first-order valence-electron chi connectivity index (χ1n) is 12.4. The summed E-state index contributed by atoms with van der Waals surface area (Å²) in [5.74, 6) is 0.333. The Morgan fingerprint density at radius 2 is 1.63 bits per heavy atom. The Hall–Kier alpha value is -5.90. The van der Waals surface area contributed by atoms with Crippen LogP contribution in [0.3, 0.4) is 0 Å². The fourth-order valence-corrected chi connectivity index (χ4v) is 3.65. The minimum atomic E-state index is -0.642. The van der Waals surface area contributed by atoms with E-state index < -0.39 is 17.8 Å². The number of hydrogen-bond donors (Lipinski definition) is 2. The Kier molecular flexibility index (Phi) is 8.31. The van der Waals surface area contributed by atoms with Gasteiger partial charge in [-0.1, -0.05) is 24.3 Å². The summed E-state index contributed by atoms with van der Waals surface area (Å²) in [7, 11) is 0. The van der Waals surface area contributed by atoms with Crippen molar-refractivity contribution in [2.45, 2.75) is 0 Å². The quantitative estimate of drug-likeness (QED) is 0.103. The van der Waals surface area contributed by atoms with E-state index in [1.807, 2.05) is 0 Å². The van der Waals surface area contributed by atoms with Gasteiger partial charge in [-0.25, -0.2) is 10.2 Å². The third-order valence-corrected chi connectivity index (χ3v) is 5.64. The summed E-state index contributed by atoms with van der Waals surface area (Å²) in [6.45, 7) is 0.113. The molecule has 0 fully saturated rings. The summed E-state index contributed by atoms with van der Waals surface area (Å²) < 4.78 is 21.1. The molecule has 3 aromatic carbocycles. The number of furan rings is 1. The molecule has 4 aromatic rings. The molecule has 10 heteroatoms. The summed E-state index contributed by atoms with van der Waals surface area (Å²) in [5, 5.41) is 6.65. The van der Waals surface area contributed by atoms with E-state index in [9.17, 15) is 14.4 Å². The lowest BCUT2D eigenvalue weighted by Crippen LogP contribution is -2.32. The zero-order chi connectivity index (χ0) is 28.4. The average Bonchev–Trinajstić information content (AvgIpc) is 3.69. The van der Waals surface area contributed by atoms with Crippen LogP contribution in [0, 0.1) is 0 Å². The summed E-state index contributed by atoms with van der Waals surface area (Å²) in [5.41, 5.74) is 4.03. The minimum absolute atomic E-state index is 0.0280. The van der Waals surface area contributed by atoms with E-state index in [1.165, 1.54) is 30.7 Å². The lowest BCUT2D eigenvalue weighted by molar-refractivity contribution is -0.129. The number of carbonyl (C=O) groups excluding carboxylic acids is 3. The average molecular weight is 550 g/mol. The topological polar surface area (TPSA) is 128 Å². The molecule has 10 nitrogen and oxygen atoms in total. The van der Waals surface area contributed by atoms with Gasteiger partial charge in [0.15, 0.2) is 11.5 Å². The van der Waals surface area contributed by atoms with Crippen LogP contribution in [0.4, 0.5) is 0 Å². The molecule has 0 saturated carbocycles. The van der Waals surface area contributed by atoms with E-state index in [0.29, 0.717) is 39.7 Å². The predicted molar refractivity (Wildman–Crippen MR) is 150 cm³/mol. The number of rotatable bonds is 9. The first kappa shape index (κ1) is 26.7. The second-order valence-electron chi connectivity index (χ2n) is 8.53. The molecule has 0 bridgehead atoms. The van der Waals surface area contributed by atoms with Gasteiger partial charge in [0.1, 0.15) is 17.2 Å². The number of benzene rings is 3. The molecule has 0 spiro atoms. The highest BCUT2D eigenvalue weighted by Gasteiger charge is 2.17. The smallest absolute Gasteiger partial charge is 0.336 e. The van der Waals surface area contributed by atoms with E-state index in [-0.39, 0.29) is 12.5 Å². The largest absolute Gasteiger partial charge is 0.465 e. The van der Waals surface area contributed by atoms with Crippen molar-refractivity contribution in [1.29, 1.82) is 0 Å². The summed E-state index contributed by atoms with van der Waals surface area (Å²) in [4.78, 5) is 37.8. The van der Waals surface area contributed by atoms with Crippen molar-refractivity contribution in [3.05, 3.63) is 125 Å². The van der Waals surface area contributed by atoms with E-state index >= 15 is 0 Å². The lowest BCUT2D eigenvalue weighted by Gasteiger charge is -2.09. The molecule has 41 heavy (non-hydrogen) atoms. The Bertz CT molecular complexity index is 1620. The molecule has 0 radical (unpaired) electrons. The molecule has 1 aliphatic heterocycles. The van der Waals surface area contributed by atoms with Gasteiger partial charge in [0.05, 0.1) is 12.5 Å². The maximum Gasteiger partial charge on any atom is 0.336 e. The first-order chi connectivity index (χ1) is 20.0. The Morgan fingerprint density at radius 3 is 2.41 bits per heavy atom. The summed E-state index contributed by atoms with van der Waals surface area (Å²) in [6, 6.07) is 23.6. The molecule has 204 valence electrons. The second-order valence-corrected chi connectivity index (χ2v) is 8.53. The maximum absolute atomic E-state index is 13.0. The zero-order valence-corrected chi connectivity index (χ0v) is 21.5. The predicted octanol–water partition coefficient (Wildman–Crippen LogP) is 4.55. The Morgan fingerprint density at radius 1 is 0.854 bits per heavy atom. The van der Waals surface area contributed by atoms with E-state index in [2.05, 4.69) is 15.8 Å². The number of hydrazone groups is 1. The fraction of sp³-hybridized carbons (Fsp3) is 0.0323. The molecular formula is C31H23N3O7. The number of amides is 2. The number of esters is 1. The highest BCUT2D eigenvalue weighted by Crippen LogP contribution is 2.33. The van der Waals surface area contributed by atoms with Crippen molar-refractivity contribution in [1.82, 2.24) is 10.7 Å². The van der Waals surface area contributed by atoms with Gasteiger partial charge in [-0.3, -0.25) is 9.59 Å². The molecular weight excluding hydrogens is 526 g/mol. The summed E-state index contributed by atoms with van der Waals surface area (Å²) in [6.07, 6.45) is 7.19. The molecule has 2 heterocycles. The molecule has 2 amide bonds. The Balaban J connectivity index is 1.23. The highest BCUT2D eigenvalue weighted by atomic mass is 16.7. The maximum atomic E-state index is 13.0. The number of nitrogens with one attached hydrogen (secondary N) is 2. The van der Waals surface area contributed by atoms with Crippen LogP contribution in [0.2, 0.25) is 0 Å². The van der Waals surface area contributed by atoms with Crippen molar-refractivity contribution >= 4 is 36.2 Å². The monoisotopic (exact) mass is 549 g/mol. The SMILES string of the molecule is O=C(/C=C/c1ccco1)Oc1ccc(/C=N/NC(=O)/C(=C\c2ccc3c(c2)OCO3)NC(=O)c2ccccc2)cc1. The van der Waals surface area contributed by atoms with Crippen LogP contribution in [-0.4, -0.2) is 30.8 Å². The van der Waals surface area contributed by atoms with Crippen molar-refractivity contribution in [2.75, 3.05) is 6.79 Å². The van der Waals surface area contributed by atoms with Crippen molar-refractivity contribution in [2.24, 2.45) is 5.10 Å².